The Morgan fingerprint density at radius 3 is 2.75 bits per heavy atom. The summed E-state index contributed by atoms with van der Waals surface area (Å²) in [6.07, 6.45) is 3.89. The lowest BCUT2D eigenvalue weighted by molar-refractivity contribution is -0.159. The molecule has 114 valence electrons. The Bertz CT molecular complexity index is 412. The third-order valence-corrected chi connectivity index (χ3v) is 6.31. The zero-order chi connectivity index (χ0) is 15.0. The van der Waals surface area contributed by atoms with Gasteiger partial charge >= 0.3 is 5.97 Å². The van der Waals surface area contributed by atoms with E-state index in [-0.39, 0.29) is 23.7 Å². The van der Waals surface area contributed by atoms with Crippen LogP contribution in [0.25, 0.3) is 0 Å². The number of ether oxygens (including phenoxy) is 1. The van der Waals surface area contributed by atoms with Gasteiger partial charge in [-0.2, -0.15) is 0 Å². The lowest BCUT2D eigenvalue weighted by Crippen LogP contribution is -2.61. The van der Waals surface area contributed by atoms with Gasteiger partial charge in [-0.3, -0.25) is 4.79 Å². The number of esters is 1. The summed E-state index contributed by atoms with van der Waals surface area (Å²) >= 11 is 12.7. The van der Waals surface area contributed by atoms with Crippen molar-refractivity contribution in [1.29, 1.82) is 0 Å². The fourth-order valence-corrected chi connectivity index (χ4v) is 5.06. The van der Waals surface area contributed by atoms with Crippen LogP contribution in [0.4, 0.5) is 0 Å². The van der Waals surface area contributed by atoms with Crippen LogP contribution in [-0.2, 0) is 14.3 Å². The van der Waals surface area contributed by atoms with Gasteiger partial charge in [-0.25, -0.2) is 4.79 Å². The second-order valence-electron chi connectivity index (χ2n) is 6.20. The van der Waals surface area contributed by atoms with Gasteiger partial charge in [-0.05, 0) is 37.5 Å². The summed E-state index contributed by atoms with van der Waals surface area (Å²) in [5.41, 5.74) is -0.150. The first-order valence-electron chi connectivity index (χ1n) is 7.36. The van der Waals surface area contributed by atoms with E-state index in [1.807, 2.05) is 0 Å². The first-order chi connectivity index (χ1) is 9.41. The van der Waals surface area contributed by atoms with Gasteiger partial charge < -0.3 is 4.74 Å². The molecule has 2 saturated carbocycles. The number of fused-ring (bicyclic) bond motifs is 1. The highest BCUT2D eigenvalue weighted by atomic mass is 35.5. The number of rotatable bonds is 3. The predicted molar refractivity (Wildman–Crippen MR) is 79.1 cm³/mol. The smallest absolute Gasteiger partial charge is 0.335 e. The first kappa shape index (κ1) is 16.1. The van der Waals surface area contributed by atoms with E-state index in [4.69, 9.17) is 27.9 Å². The lowest BCUT2D eigenvalue weighted by atomic mass is 9.52. The fraction of sp³-hybridized carbons (Fsp3) is 0.867. The number of carbonyl (C=O) groups excluding carboxylic acids is 2. The van der Waals surface area contributed by atoms with Crippen LogP contribution in [0, 0.1) is 17.3 Å². The second-order valence-corrected chi connectivity index (χ2v) is 7.10. The van der Waals surface area contributed by atoms with Gasteiger partial charge in [0.15, 0.2) is 5.78 Å². The molecule has 2 fully saturated rings. The average Bonchev–Trinajstić information content (AvgIpc) is 2.43. The molecule has 0 aliphatic heterocycles. The van der Waals surface area contributed by atoms with Gasteiger partial charge in [0.1, 0.15) is 0 Å². The minimum atomic E-state index is -1.51. The van der Waals surface area contributed by atoms with E-state index in [9.17, 15) is 9.59 Å². The molecular weight excluding hydrogens is 299 g/mol. The highest BCUT2D eigenvalue weighted by Gasteiger charge is 2.62. The Balaban J connectivity index is 2.40. The number of hydrogen-bond acceptors (Lipinski definition) is 3. The largest absolute Gasteiger partial charge is 0.464 e. The number of carbonyl (C=O) groups is 2. The monoisotopic (exact) mass is 320 g/mol. The zero-order valence-corrected chi connectivity index (χ0v) is 13.6. The van der Waals surface area contributed by atoms with E-state index in [0.717, 1.165) is 25.7 Å². The molecule has 2 aliphatic rings. The van der Waals surface area contributed by atoms with Crippen LogP contribution < -0.4 is 0 Å². The van der Waals surface area contributed by atoms with E-state index < -0.39 is 10.8 Å². The van der Waals surface area contributed by atoms with Gasteiger partial charge in [0, 0.05) is 18.2 Å². The van der Waals surface area contributed by atoms with Gasteiger partial charge in [0.25, 0.3) is 0 Å². The Kier molecular flexibility index (Phi) is 4.70. The third kappa shape index (κ3) is 2.27. The molecule has 0 radical (unpaired) electrons. The number of Topliss-reactive ketones (excluding diaryl/α,β-unsaturated/α-hetero) is 1. The van der Waals surface area contributed by atoms with Gasteiger partial charge in [0.2, 0.25) is 4.87 Å². The van der Waals surface area contributed by atoms with Crippen molar-refractivity contribution in [3.8, 4) is 0 Å². The summed E-state index contributed by atoms with van der Waals surface area (Å²) in [6, 6.07) is 0. The number of hydrogen-bond donors (Lipinski definition) is 0. The summed E-state index contributed by atoms with van der Waals surface area (Å²) < 4.78 is 5.09. The minimum Gasteiger partial charge on any atom is -0.464 e. The number of halogens is 2. The molecule has 0 spiro atoms. The maximum atomic E-state index is 12.4. The molecule has 0 aromatic heterocycles. The van der Waals surface area contributed by atoms with Gasteiger partial charge in [-0.1, -0.05) is 24.9 Å². The van der Waals surface area contributed by atoms with Crippen LogP contribution in [0.2, 0.25) is 0 Å². The van der Waals surface area contributed by atoms with Crippen molar-refractivity contribution >= 4 is 35.0 Å². The summed E-state index contributed by atoms with van der Waals surface area (Å²) in [4.78, 5) is 23.2. The third-order valence-electron chi connectivity index (χ3n) is 5.31. The molecule has 0 unspecified atom stereocenters. The summed E-state index contributed by atoms with van der Waals surface area (Å²) in [5, 5.41) is 0. The van der Waals surface area contributed by atoms with Crippen LogP contribution >= 0.6 is 23.2 Å². The van der Waals surface area contributed by atoms with Gasteiger partial charge in [-0.15, -0.1) is 11.6 Å². The quantitative estimate of drug-likeness (QED) is 0.453. The Morgan fingerprint density at radius 1 is 1.45 bits per heavy atom. The zero-order valence-electron chi connectivity index (χ0n) is 12.1. The standard InChI is InChI=1S/C15H22Cl2O3/c1-3-20-13(19)15(17)11-6-4-5-10(9-16)14(11,2)8-7-12(15)18/h10-11H,3-9H2,1-2H3/t10-,11-,14-,15-/m1/s1. The van der Waals surface area contributed by atoms with E-state index >= 15 is 0 Å². The molecule has 0 N–H and O–H groups in total. The van der Waals surface area contributed by atoms with Crippen molar-refractivity contribution in [2.45, 2.75) is 50.8 Å². The molecule has 0 bridgehead atoms. The highest BCUT2D eigenvalue weighted by molar-refractivity contribution is 6.46. The summed E-state index contributed by atoms with van der Waals surface area (Å²) in [6.45, 7) is 4.10. The number of ketones is 1. The van der Waals surface area contributed by atoms with Crippen LogP contribution in [0.1, 0.15) is 46.0 Å². The van der Waals surface area contributed by atoms with Crippen molar-refractivity contribution < 1.29 is 14.3 Å². The SMILES string of the molecule is CCOC(=O)[C@]1(Cl)C(=O)CC[C@]2(C)[C@@H](CCl)CCC[C@@H]12. The molecule has 2 aliphatic carbocycles. The van der Waals surface area contributed by atoms with Crippen molar-refractivity contribution in [1.82, 2.24) is 0 Å². The molecule has 0 aromatic carbocycles. The maximum absolute atomic E-state index is 12.4. The van der Waals surface area contributed by atoms with E-state index in [2.05, 4.69) is 6.92 Å². The highest BCUT2D eigenvalue weighted by Crippen LogP contribution is 2.58. The van der Waals surface area contributed by atoms with Crippen molar-refractivity contribution in [2.75, 3.05) is 12.5 Å². The van der Waals surface area contributed by atoms with Crippen molar-refractivity contribution in [3.05, 3.63) is 0 Å². The second kappa shape index (κ2) is 5.84. The Hall–Kier alpha value is -0.280. The topological polar surface area (TPSA) is 43.4 Å². The number of alkyl halides is 2. The summed E-state index contributed by atoms with van der Waals surface area (Å²) in [7, 11) is 0. The molecule has 2 rings (SSSR count). The van der Waals surface area contributed by atoms with E-state index in [1.165, 1.54) is 0 Å². The molecular formula is C15H22Cl2O3. The molecule has 0 aromatic rings. The first-order valence-corrected chi connectivity index (χ1v) is 8.27. The van der Waals surface area contributed by atoms with Crippen molar-refractivity contribution in [2.24, 2.45) is 17.3 Å². The van der Waals surface area contributed by atoms with Crippen LogP contribution in [0.15, 0.2) is 0 Å². The Labute approximate surface area is 130 Å². The predicted octanol–water partition coefficient (Wildman–Crippen LogP) is 3.55. The van der Waals surface area contributed by atoms with Gasteiger partial charge in [0.05, 0.1) is 6.61 Å². The molecule has 0 heterocycles. The fourth-order valence-electron chi connectivity index (χ4n) is 4.05. The molecule has 20 heavy (non-hydrogen) atoms. The van der Waals surface area contributed by atoms with E-state index in [1.54, 1.807) is 6.92 Å². The molecule has 5 heteroatoms. The average molecular weight is 321 g/mol. The normalized spacial score (nSPS) is 41.1. The maximum Gasteiger partial charge on any atom is 0.335 e. The molecule has 0 amide bonds. The minimum absolute atomic E-state index is 0.150. The summed E-state index contributed by atoms with van der Waals surface area (Å²) in [5.74, 6) is -0.0667. The lowest BCUT2D eigenvalue weighted by Gasteiger charge is -2.54. The molecule has 0 saturated heterocycles. The Morgan fingerprint density at radius 2 is 2.15 bits per heavy atom. The van der Waals surface area contributed by atoms with Crippen molar-refractivity contribution in [3.63, 3.8) is 0 Å². The van der Waals surface area contributed by atoms with E-state index in [0.29, 0.717) is 18.2 Å². The van der Waals surface area contributed by atoms with Crippen LogP contribution in [0.5, 0.6) is 0 Å². The van der Waals surface area contributed by atoms with Crippen LogP contribution in [0.3, 0.4) is 0 Å². The molecule has 4 atom stereocenters. The van der Waals surface area contributed by atoms with Crippen LogP contribution in [-0.4, -0.2) is 29.1 Å². The molecule has 3 nitrogen and oxygen atoms in total.